The van der Waals surface area contributed by atoms with Crippen LogP contribution < -0.4 is 15.9 Å². The monoisotopic (exact) mass is 464 g/mol. The molecule has 0 fully saturated rings. The summed E-state index contributed by atoms with van der Waals surface area (Å²) in [7, 11) is 0. The number of ether oxygens (including phenoxy) is 1. The molecule has 168 valence electrons. The highest BCUT2D eigenvalue weighted by Gasteiger charge is 2.24. The van der Waals surface area contributed by atoms with Crippen LogP contribution in [0.4, 0.5) is 5.82 Å². The van der Waals surface area contributed by atoms with Crippen molar-refractivity contribution >= 4 is 29.7 Å². The second-order valence-corrected chi connectivity index (χ2v) is 7.62. The molecule has 0 saturated heterocycles. The zero-order valence-corrected chi connectivity index (χ0v) is 18.4. The molecule has 0 unspecified atom stereocenters. The lowest BCUT2D eigenvalue weighted by Gasteiger charge is -2.06. The number of rotatable bonds is 9. The van der Waals surface area contributed by atoms with Gasteiger partial charge in [0.2, 0.25) is 11.6 Å². The van der Waals surface area contributed by atoms with Gasteiger partial charge in [-0.05, 0) is 59.2 Å². The van der Waals surface area contributed by atoms with Crippen molar-refractivity contribution in [2.75, 3.05) is 12.3 Å². The van der Waals surface area contributed by atoms with Gasteiger partial charge in [0.25, 0.3) is 5.91 Å². The number of thioether (sulfide) groups is 1. The van der Waals surface area contributed by atoms with Gasteiger partial charge >= 0.3 is 0 Å². The van der Waals surface area contributed by atoms with Gasteiger partial charge < -0.3 is 10.5 Å². The Hall–Kier alpha value is -4.19. The molecule has 2 aromatic heterocycles. The van der Waals surface area contributed by atoms with Crippen LogP contribution in [-0.2, 0) is 5.75 Å². The van der Waals surface area contributed by atoms with Crippen LogP contribution in [0.1, 0.15) is 28.7 Å². The average molecular weight is 465 g/mol. The molecule has 4 aromatic rings. The number of carbonyl (C=O) groups is 1. The highest BCUT2D eigenvalue weighted by Crippen LogP contribution is 2.25. The van der Waals surface area contributed by atoms with E-state index >= 15 is 0 Å². The first-order valence-corrected chi connectivity index (χ1v) is 10.9. The number of aromatic nitrogens is 5. The van der Waals surface area contributed by atoms with E-state index in [1.165, 1.54) is 22.7 Å². The third kappa shape index (κ3) is 5.36. The van der Waals surface area contributed by atoms with Crippen molar-refractivity contribution in [1.29, 1.82) is 0 Å². The maximum Gasteiger partial charge on any atom is 0.293 e. The molecule has 2 heterocycles. The fourth-order valence-electron chi connectivity index (χ4n) is 2.82. The first-order valence-electron chi connectivity index (χ1n) is 9.92. The van der Waals surface area contributed by atoms with E-state index < -0.39 is 5.91 Å². The number of carbonyl (C=O) groups excluding carboxylic acids is 1. The third-order valence-corrected chi connectivity index (χ3v) is 5.39. The van der Waals surface area contributed by atoms with E-state index in [1.807, 2.05) is 61.5 Å². The standard InChI is InChI=1S/C21H20N8O3S/c1-2-31-15-10-8-14(9-11-15)12-23-25-21(30)18-17(13-33-16-6-4-3-5-7-16)29(28-24-18)20-19(22)26-32-27-20/h3-12H,2,13H2,1H3,(H2,22,26)(H,25,30)/b23-12-. The number of benzene rings is 2. The van der Waals surface area contributed by atoms with Crippen LogP contribution in [0.5, 0.6) is 5.75 Å². The molecule has 0 aliphatic carbocycles. The van der Waals surface area contributed by atoms with Crippen molar-refractivity contribution in [3.8, 4) is 11.6 Å². The highest BCUT2D eigenvalue weighted by molar-refractivity contribution is 7.98. The quantitative estimate of drug-likeness (QED) is 0.217. The summed E-state index contributed by atoms with van der Waals surface area (Å²) in [6, 6.07) is 17.0. The minimum absolute atomic E-state index is 0.0336. The summed E-state index contributed by atoms with van der Waals surface area (Å²) in [6.45, 7) is 2.51. The Balaban J connectivity index is 1.52. The molecule has 0 radical (unpaired) electrons. The number of hydrogen-bond acceptors (Lipinski definition) is 10. The number of nitrogens with two attached hydrogens (primary N) is 1. The molecule has 3 N–H and O–H groups in total. The van der Waals surface area contributed by atoms with E-state index in [4.69, 9.17) is 10.5 Å². The fourth-order valence-corrected chi connectivity index (χ4v) is 3.73. The molecule has 0 aliphatic heterocycles. The van der Waals surface area contributed by atoms with Crippen LogP contribution in [0.3, 0.4) is 0 Å². The summed E-state index contributed by atoms with van der Waals surface area (Å²) >= 11 is 1.50. The summed E-state index contributed by atoms with van der Waals surface area (Å²) in [5.41, 5.74) is 9.65. The highest BCUT2D eigenvalue weighted by atomic mass is 32.2. The van der Waals surface area contributed by atoms with Crippen molar-refractivity contribution < 1.29 is 14.2 Å². The van der Waals surface area contributed by atoms with Gasteiger partial charge in [-0.1, -0.05) is 23.4 Å². The Labute approximate surface area is 193 Å². The summed E-state index contributed by atoms with van der Waals surface area (Å²) in [6.07, 6.45) is 1.52. The Morgan fingerprint density at radius 1 is 1.21 bits per heavy atom. The van der Waals surface area contributed by atoms with Crippen molar-refractivity contribution in [3.63, 3.8) is 0 Å². The van der Waals surface area contributed by atoms with E-state index in [1.54, 1.807) is 0 Å². The Morgan fingerprint density at radius 2 is 2.00 bits per heavy atom. The minimum Gasteiger partial charge on any atom is -0.494 e. The van der Waals surface area contributed by atoms with Crippen molar-refractivity contribution in [2.24, 2.45) is 5.10 Å². The molecule has 0 atom stereocenters. The molecule has 0 spiro atoms. The van der Waals surface area contributed by atoms with Crippen molar-refractivity contribution in [1.82, 2.24) is 30.7 Å². The Kier molecular flexibility index (Phi) is 6.95. The Morgan fingerprint density at radius 3 is 2.70 bits per heavy atom. The number of amides is 1. The SMILES string of the molecule is CCOc1ccc(/C=N\NC(=O)c2nnn(-c3nonc3N)c2CSc2ccccc2)cc1. The summed E-state index contributed by atoms with van der Waals surface area (Å²) in [5.74, 6) is 0.795. The predicted octanol–water partition coefficient (Wildman–Crippen LogP) is 2.69. The topological polar surface area (TPSA) is 146 Å². The van der Waals surface area contributed by atoms with E-state index in [0.717, 1.165) is 16.2 Å². The maximum absolute atomic E-state index is 12.8. The van der Waals surface area contributed by atoms with Gasteiger partial charge in [0.1, 0.15) is 5.75 Å². The molecule has 11 nitrogen and oxygen atoms in total. The fraction of sp³-hybridized carbons (Fsp3) is 0.143. The van der Waals surface area contributed by atoms with Gasteiger partial charge in [0.15, 0.2) is 5.69 Å². The predicted molar refractivity (Wildman–Crippen MR) is 122 cm³/mol. The van der Waals surface area contributed by atoms with E-state index in [-0.39, 0.29) is 17.3 Å². The summed E-state index contributed by atoms with van der Waals surface area (Å²) in [5, 5.41) is 19.4. The van der Waals surface area contributed by atoms with E-state index in [2.05, 4.69) is 35.8 Å². The maximum atomic E-state index is 12.8. The normalized spacial score (nSPS) is 11.1. The van der Waals surface area contributed by atoms with Gasteiger partial charge in [0.05, 0.1) is 18.5 Å². The molecule has 0 bridgehead atoms. The van der Waals surface area contributed by atoms with Crippen molar-refractivity contribution in [2.45, 2.75) is 17.6 Å². The molecule has 1 amide bonds. The summed E-state index contributed by atoms with van der Waals surface area (Å²) in [4.78, 5) is 13.8. The average Bonchev–Trinajstić information content (AvgIpc) is 3.45. The van der Waals surface area contributed by atoms with Gasteiger partial charge in [-0.25, -0.2) is 10.1 Å². The van der Waals surface area contributed by atoms with Crippen LogP contribution in [0.25, 0.3) is 5.82 Å². The van der Waals surface area contributed by atoms with Crippen molar-refractivity contribution in [3.05, 3.63) is 71.5 Å². The lowest BCUT2D eigenvalue weighted by atomic mass is 10.2. The van der Waals surface area contributed by atoms with Gasteiger partial charge in [-0.3, -0.25) is 4.79 Å². The molecule has 12 heteroatoms. The number of hydrazone groups is 1. The molecule has 33 heavy (non-hydrogen) atoms. The lowest BCUT2D eigenvalue weighted by molar-refractivity contribution is 0.0949. The zero-order chi connectivity index (χ0) is 23.0. The van der Waals surface area contributed by atoms with E-state index in [0.29, 0.717) is 18.1 Å². The number of nitrogen functional groups attached to an aromatic ring is 1. The molecule has 2 aromatic carbocycles. The van der Waals surface area contributed by atoms with Crippen LogP contribution in [0.15, 0.2) is 69.2 Å². The van der Waals surface area contributed by atoms with Gasteiger partial charge in [0, 0.05) is 10.6 Å². The molecule has 4 rings (SSSR count). The number of nitrogens with one attached hydrogen (secondary N) is 1. The Bertz CT molecular complexity index is 1240. The second kappa shape index (κ2) is 10.4. The van der Waals surface area contributed by atoms with Gasteiger partial charge in [-0.15, -0.1) is 16.9 Å². The largest absolute Gasteiger partial charge is 0.494 e. The molecular formula is C21H20N8O3S. The molecule has 0 aliphatic rings. The van der Waals surface area contributed by atoms with Crippen LogP contribution in [0.2, 0.25) is 0 Å². The zero-order valence-electron chi connectivity index (χ0n) is 17.6. The van der Waals surface area contributed by atoms with Crippen LogP contribution in [0, 0.1) is 0 Å². The van der Waals surface area contributed by atoms with Crippen LogP contribution in [-0.4, -0.2) is 44.0 Å². The van der Waals surface area contributed by atoms with Crippen LogP contribution >= 0.6 is 11.8 Å². The van der Waals surface area contributed by atoms with E-state index in [9.17, 15) is 4.79 Å². The minimum atomic E-state index is -0.526. The second-order valence-electron chi connectivity index (χ2n) is 6.57. The number of nitrogens with zero attached hydrogens (tertiary/aromatic N) is 6. The first kappa shape index (κ1) is 22.0. The van der Waals surface area contributed by atoms with Gasteiger partial charge in [-0.2, -0.15) is 9.78 Å². The first-order chi connectivity index (χ1) is 16.2. The number of anilines is 1. The number of hydrogen-bond donors (Lipinski definition) is 2. The smallest absolute Gasteiger partial charge is 0.293 e. The molecule has 0 saturated carbocycles. The molecular weight excluding hydrogens is 444 g/mol. The summed E-state index contributed by atoms with van der Waals surface area (Å²) < 4.78 is 11.4. The lowest BCUT2D eigenvalue weighted by Crippen LogP contribution is -2.20. The third-order valence-electron chi connectivity index (χ3n) is 4.36.